The zero-order chi connectivity index (χ0) is 13.0. The van der Waals surface area contributed by atoms with Gasteiger partial charge in [-0.3, -0.25) is 0 Å². The van der Waals surface area contributed by atoms with E-state index in [4.69, 9.17) is 11.6 Å². The monoisotopic (exact) mass is 263 g/mol. The fraction of sp³-hybridized carbons (Fsp3) is 0.143. The maximum absolute atomic E-state index is 13.1. The van der Waals surface area contributed by atoms with Crippen molar-refractivity contribution in [3.05, 3.63) is 64.7 Å². The third kappa shape index (κ3) is 3.14. The van der Waals surface area contributed by atoms with Crippen molar-refractivity contribution in [1.29, 1.82) is 0 Å². The van der Waals surface area contributed by atoms with E-state index in [0.29, 0.717) is 17.1 Å². The zero-order valence-corrected chi connectivity index (χ0v) is 10.3. The number of hydrogen-bond donors (Lipinski definition) is 0. The van der Waals surface area contributed by atoms with E-state index in [1.165, 1.54) is 12.1 Å². The quantitative estimate of drug-likeness (QED) is 0.625. The van der Waals surface area contributed by atoms with Crippen molar-refractivity contribution in [1.82, 2.24) is 4.98 Å². The number of carbonyl (C=O) groups excluding carboxylic acids is 1. The first kappa shape index (κ1) is 12.7. The Kier molecular flexibility index (Phi) is 4.05. The van der Waals surface area contributed by atoms with Crippen LogP contribution >= 0.6 is 11.6 Å². The van der Waals surface area contributed by atoms with Gasteiger partial charge in [0.15, 0.2) is 0 Å². The number of nitrogens with zero attached hydrogens (tertiary/aromatic N) is 1. The molecule has 1 unspecified atom stereocenters. The van der Waals surface area contributed by atoms with Crippen LogP contribution < -0.4 is 0 Å². The molecule has 0 amide bonds. The molecule has 1 heterocycles. The number of rotatable bonds is 4. The average Bonchev–Trinajstić information content (AvgIpc) is 2.38. The highest BCUT2D eigenvalue weighted by Gasteiger charge is 2.12. The van der Waals surface area contributed by atoms with Crippen LogP contribution in [0.25, 0.3) is 0 Å². The molecule has 0 saturated heterocycles. The van der Waals surface area contributed by atoms with Crippen LogP contribution in [0.3, 0.4) is 0 Å². The molecule has 0 radical (unpaired) electrons. The van der Waals surface area contributed by atoms with Gasteiger partial charge in [-0.25, -0.2) is 9.37 Å². The maximum Gasteiger partial charge on any atom is 0.129 e. The van der Waals surface area contributed by atoms with Crippen molar-refractivity contribution >= 4 is 17.9 Å². The predicted molar refractivity (Wildman–Crippen MR) is 68.2 cm³/mol. The van der Waals surface area contributed by atoms with Crippen LogP contribution in [-0.2, 0) is 11.2 Å². The standard InChI is InChI=1S/C14H11ClFNO/c15-14-5-4-10(8-17-14)6-12(9-18)11-2-1-3-13(16)7-11/h1-5,7-9,12H,6H2. The normalized spacial score (nSPS) is 12.1. The molecular weight excluding hydrogens is 253 g/mol. The lowest BCUT2D eigenvalue weighted by atomic mass is 9.94. The lowest BCUT2D eigenvalue weighted by Crippen LogP contribution is -2.05. The molecule has 0 bridgehead atoms. The van der Waals surface area contributed by atoms with Crippen LogP contribution in [0.5, 0.6) is 0 Å². The van der Waals surface area contributed by atoms with Gasteiger partial charge in [-0.2, -0.15) is 0 Å². The summed E-state index contributed by atoms with van der Waals surface area (Å²) in [5.41, 5.74) is 1.56. The number of aromatic nitrogens is 1. The van der Waals surface area contributed by atoms with E-state index in [1.54, 1.807) is 24.4 Å². The molecule has 2 nitrogen and oxygen atoms in total. The van der Waals surface area contributed by atoms with E-state index in [2.05, 4.69) is 4.98 Å². The molecular formula is C14H11ClFNO. The fourth-order valence-electron chi connectivity index (χ4n) is 1.76. The van der Waals surface area contributed by atoms with Crippen molar-refractivity contribution in [2.24, 2.45) is 0 Å². The molecule has 0 spiro atoms. The first-order chi connectivity index (χ1) is 8.69. The van der Waals surface area contributed by atoms with Gasteiger partial charge in [-0.15, -0.1) is 0 Å². The molecule has 1 aromatic heterocycles. The van der Waals surface area contributed by atoms with Gasteiger partial charge >= 0.3 is 0 Å². The number of halogens is 2. The van der Waals surface area contributed by atoms with E-state index in [0.717, 1.165) is 11.8 Å². The number of pyridine rings is 1. The summed E-state index contributed by atoms with van der Waals surface area (Å²) in [6, 6.07) is 9.56. The Morgan fingerprint density at radius 1 is 1.33 bits per heavy atom. The third-order valence-electron chi connectivity index (χ3n) is 2.69. The van der Waals surface area contributed by atoms with E-state index >= 15 is 0 Å². The Labute approximate surface area is 109 Å². The first-order valence-electron chi connectivity index (χ1n) is 5.50. The second-order valence-corrected chi connectivity index (χ2v) is 4.38. The number of aldehydes is 1. The van der Waals surface area contributed by atoms with Crippen LogP contribution in [0.1, 0.15) is 17.0 Å². The summed E-state index contributed by atoms with van der Waals surface area (Å²) in [5.74, 6) is -0.711. The van der Waals surface area contributed by atoms with E-state index in [9.17, 15) is 9.18 Å². The topological polar surface area (TPSA) is 30.0 Å². The molecule has 4 heteroatoms. The number of carbonyl (C=O) groups is 1. The maximum atomic E-state index is 13.1. The summed E-state index contributed by atoms with van der Waals surface area (Å²) in [5, 5.41) is 0.409. The summed E-state index contributed by atoms with van der Waals surface area (Å²) in [4.78, 5) is 15.1. The molecule has 2 aromatic rings. The molecule has 0 aliphatic heterocycles. The van der Waals surface area contributed by atoms with Crippen LogP contribution in [-0.4, -0.2) is 11.3 Å². The Morgan fingerprint density at radius 2 is 2.17 bits per heavy atom. The number of benzene rings is 1. The van der Waals surface area contributed by atoms with Crippen LogP contribution in [0, 0.1) is 5.82 Å². The molecule has 1 atom stereocenters. The summed E-state index contributed by atoms with van der Waals surface area (Å²) < 4.78 is 13.1. The van der Waals surface area contributed by atoms with E-state index in [1.807, 2.05) is 6.07 Å². The summed E-state index contributed by atoms with van der Waals surface area (Å²) >= 11 is 5.69. The highest BCUT2D eigenvalue weighted by Crippen LogP contribution is 2.20. The van der Waals surface area contributed by atoms with E-state index < -0.39 is 0 Å². The smallest absolute Gasteiger partial charge is 0.129 e. The second-order valence-electron chi connectivity index (χ2n) is 3.99. The van der Waals surface area contributed by atoms with Crippen molar-refractivity contribution in [3.63, 3.8) is 0 Å². The molecule has 92 valence electrons. The van der Waals surface area contributed by atoms with Gasteiger partial charge in [0.1, 0.15) is 17.3 Å². The Morgan fingerprint density at radius 3 is 2.78 bits per heavy atom. The average molecular weight is 264 g/mol. The van der Waals surface area contributed by atoms with Crippen molar-refractivity contribution in [2.75, 3.05) is 0 Å². The van der Waals surface area contributed by atoms with Crippen LogP contribution in [0.4, 0.5) is 4.39 Å². The Hall–Kier alpha value is -1.74. The van der Waals surface area contributed by atoms with Gasteiger partial charge in [0.05, 0.1) is 0 Å². The predicted octanol–water partition coefficient (Wildman–Crippen LogP) is 3.40. The van der Waals surface area contributed by atoms with Crippen LogP contribution in [0.15, 0.2) is 42.6 Å². The molecule has 0 saturated carbocycles. The lowest BCUT2D eigenvalue weighted by Gasteiger charge is -2.10. The van der Waals surface area contributed by atoms with Gasteiger partial charge in [-0.1, -0.05) is 29.8 Å². The minimum absolute atomic E-state index is 0.339. The number of hydrogen-bond acceptors (Lipinski definition) is 2. The van der Waals surface area contributed by atoms with Gasteiger partial charge in [0.25, 0.3) is 0 Å². The SMILES string of the molecule is O=CC(Cc1ccc(Cl)nc1)c1cccc(F)c1. The highest BCUT2D eigenvalue weighted by atomic mass is 35.5. The summed E-state index contributed by atoms with van der Waals surface area (Å²) in [6.45, 7) is 0. The van der Waals surface area contributed by atoms with Gasteiger partial charge in [0.2, 0.25) is 0 Å². The Balaban J connectivity index is 2.19. The zero-order valence-electron chi connectivity index (χ0n) is 9.51. The van der Waals surface area contributed by atoms with Crippen molar-refractivity contribution in [2.45, 2.75) is 12.3 Å². The molecule has 0 aliphatic carbocycles. The van der Waals surface area contributed by atoms with Crippen molar-refractivity contribution in [3.8, 4) is 0 Å². The Bertz CT molecular complexity index is 542. The minimum atomic E-state index is -0.372. The van der Waals surface area contributed by atoms with Crippen LogP contribution in [0.2, 0.25) is 5.15 Å². The van der Waals surface area contributed by atoms with E-state index in [-0.39, 0.29) is 11.7 Å². The van der Waals surface area contributed by atoms with Gasteiger partial charge < -0.3 is 4.79 Å². The molecule has 0 N–H and O–H groups in total. The van der Waals surface area contributed by atoms with Gasteiger partial charge in [-0.05, 0) is 35.7 Å². The molecule has 2 rings (SSSR count). The van der Waals surface area contributed by atoms with Gasteiger partial charge in [0, 0.05) is 12.1 Å². The van der Waals surface area contributed by atoms with Crippen molar-refractivity contribution < 1.29 is 9.18 Å². The minimum Gasteiger partial charge on any atom is -0.303 e. The third-order valence-corrected chi connectivity index (χ3v) is 2.91. The molecule has 1 aromatic carbocycles. The second kappa shape index (κ2) is 5.74. The molecule has 18 heavy (non-hydrogen) atoms. The highest BCUT2D eigenvalue weighted by molar-refractivity contribution is 6.29. The lowest BCUT2D eigenvalue weighted by molar-refractivity contribution is -0.109. The molecule has 0 aliphatic rings. The summed E-state index contributed by atoms with van der Waals surface area (Å²) in [6.07, 6.45) is 2.93. The first-order valence-corrected chi connectivity index (χ1v) is 5.88. The molecule has 0 fully saturated rings. The summed E-state index contributed by atoms with van der Waals surface area (Å²) in [7, 11) is 0. The fourth-order valence-corrected chi connectivity index (χ4v) is 1.87. The largest absolute Gasteiger partial charge is 0.303 e.